The molecular formula is C9H18NO4+. The zero-order chi connectivity index (χ0) is 11.0. The second-order valence-corrected chi connectivity index (χ2v) is 2.79. The lowest BCUT2D eigenvalue weighted by molar-refractivity contribution is -0.409. The summed E-state index contributed by atoms with van der Waals surface area (Å²) in [4.78, 5) is 22.0. The summed E-state index contributed by atoms with van der Waals surface area (Å²) in [5, 5.41) is 0. The molecule has 0 aliphatic rings. The van der Waals surface area contributed by atoms with Crippen molar-refractivity contribution >= 4 is 11.9 Å². The molecule has 0 fully saturated rings. The van der Waals surface area contributed by atoms with Gasteiger partial charge in [0.25, 0.3) is 0 Å². The number of carbonyl (C=O) groups excluding carboxylic acids is 2. The van der Waals surface area contributed by atoms with Crippen molar-refractivity contribution < 1.29 is 24.8 Å². The first-order chi connectivity index (χ1) is 6.61. The van der Waals surface area contributed by atoms with Gasteiger partial charge in [0, 0.05) is 6.42 Å². The van der Waals surface area contributed by atoms with E-state index in [9.17, 15) is 9.59 Å². The van der Waals surface area contributed by atoms with Gasteiger partial charge >= 0.3 is 11.9 Å². The summed E-state index contributed by atoms with van der Waals surface area (Å²) < 4.78 is 9.46. The number of quaternary nitrogens is 1. The highest BCUT2D eigenvalue weighted by Crippen LogP contribution is 1.97. The first-order valence-corrected chi connectivity index (χ1v) is 4.77. The molecule has 0 amide bonds. The van der Waals surface area contributed by atoms with Crippen molar-refractivity contribution in [3.8, 4) is 0 Å². The number of ether oxygens (including phenoxy) is 2. The van der Waals surface area contributed by atoms with E-state index in [0.29, 0.717) is 19.6 Å². The third kappa shape index (κ3) is 5.53. The predicted octanol–water partition coefficient (Wildman–Crippen LogP) is -0.497. The molecule has 0 radical (unpaired) electrons. The summed E-state index contributed by atoms with van der Waals surface area (Å²) in [5.74, 6) is -0.665. The van der Waals surface area contributed by atoms with Crippen LogP contribution in [-0.4, -0.2) is 31.2 Å². The van der Waals surface area contributed by atoms with E-state index in [4.69, 9.17) is 9.47 Å². The fourth-order valence-electron chi connectivity index (χ4n) is 0.903. The standard InChI is InChI=1S/C9H17NO4/c1-3-13-8(11)6-5-7(10)9(12)14-4-2/h7H,3-6,10H2,1-2H3/p+1/t7-/m0/s1. The maximum absolute atomic E-state index is 11.1. The Hall–Kier alpha value is -1.10. The van der Waals surface area contributed by atoms with E-state index in [-0.39, 0.29) is 18.4 Å². The van der Waals surface area contributed by atoms with Crippen molar-refractivity contribution in [3.05, 3.63) is 0 Å². The summed E-state index contributed by atoms with van der Waals surface area (Å²) >= 11 is 0. The van der Waals surface area contributed by atoms with Gasteiger partial charge in [-0.05, 0) is 13.8 Å². The Morgan fingerprint density at radius 1 is 1.21 bits per heavy atom. The van der Waals surface area contributed by atoms with Crippen molar-refractivity contribution in [2.75, 3.05) is 13.2 Å². The Kier molecular flexibility index (Phi) is 6.74. The molecule has 0 bridgehead atoms. The minimum absolute atomic E-state index is 0.209. The highest BCUT2D eigenvalue weighted by atomic mass is 16.5. The third-order valence-corrected chi connectivity index (χ3v) is 1.62. The monoisotopic (exact) mass is 204 g/mol. The van der Waals surface area contributed by atoms with E-state index in [1.807, 2.05) is 0 Å². The van der Waals surface area contributed by atoms with Crippen LogP contribution in [0.15, 0.2) is 0 Å². The lowest BCUT2D eigenvalue weighted by Crippen LogP contribution is -2.65. The van der Waals surface area contributed by atoms with Gasteiger partial charge in [0.2, 0.25) is 0 Å². The van der Waals surface area contributed by atoms with Gasteiger partial charge in [-0.3, -0.25) is 4.79 Å². The van der Waals surface area contributed by atoms with Crippen LogP contribution < -0.4 is 5.73 Å². The molecule has 14 heavy (non-hydrogen) atoms. The molecule has 5 nitrogen and oxygen atoms in total. The normalized spacial score (nSPS) is 11.9. The molecule has 5 heteroatoms. The molecule has 0 saturated heterocycles. The summed E-state index contributed by atoms with van der Waals surface area (Å²) in [5.41, 5.74) is 3.61. The number of carbonyl (C=O) groups is 2. The summed E-state index contributed by atoms with van der Waals surface area (Å²) in [7, 11) is 0. The summed E-state index contributed by atoms with van der Waals surface area (Å²) in [6, 6.07) is -0.487. The topological polar surface area (TPSA) is 80.2 Å². The highest BCUT2D eigenvalue weighted by molar-refractivity contribution is 5.75. The smallest absolute Gasteiger partial charge is 0.364 e. The van der Waals surface area contributed by atoms with Gasteiger partial charge < -0.3 is 15.2 Å². The Morgan fingerprint density at radius 3 is 2.29 bits per heavy atom. The van der Waals surface area contributed by atoms with Gasteiger partial charge in [-0.2, -0.15) is 0 Å². The van der Waals surface area contributed by atoms with Crippen LogP contribution in [0.25, 0.3) is 0 Å². The van der Waals surface area contributed by atoms with Gasteiger partial charge in [-0.25, -0.2) is 4.79 Å². The first kappa shape index (κ1) is 12.9. The van der Waals surface area contributed by atoms with Crippen molar-refractivity contribution in [3.63, 3.8) is 0 Å². The van der Waals surface area contributed by atoms with Crippen molar-refractivity contribution in [1.82, 2.24) is 0 Å². The van der Waals surface area contributed by atoms with E-state index in [0.717, 1.165) is 0 Å². The summed E-state index contributed by atoms with van der Waals surface area (Å²) in [6.45, 7) is 4.17. The molecule has 0 aromatic carbocycles. The van der Waals surface area contributed by atoms with Gasteiger partial charge in [0.15, 0.2) is 6.04 Å². The van der Waals surface area contributed by atoms with Crippen LogP contribution in [0.1, 0.15) is 26.7 Å². The Morgan fingerprint density at radius 2 is 1.79 bits per heavy atom. The van der Waals surface area contributed by atoms with E-state index >= 15 is 0 Å². The van der Waals surface area contributed by atoms with Crippen molar-refractivity contribution in [1.29, 1.82) is 0 Å². The Bertz CT molecular complexity index is 193. The van der Waals surface area contributed by atoms with Crippen LogP contribution in [0.4, 0.5) is 0 Å². The summed E-state index contributed by atoms with van der Waals surface area (Å²) in [6.07, 6.45) is 0.582. The van der Waals surface area contributed by atoms with Crippen LogP contribution in [-0.2, 0) is 19.1 Å². The molecule has 0 aromatic rings. The van der Waals surface area contributed by atoms with Crippen LogP contribution in [0.2, 0.25) is 0 Å². The minimum atomic E-state index is -0.487. The lowest BCUT2D eigenvalue weighted by Gasteiger charge is -2.06. The van der Waals surface area contributed by atoms with Gasteiger partial charge in [0.05, 0.1) is 19.6 Å². The molecule has 82 valence electrons. The maximum atomic E-state index is 11.1. The molecule has 0 rings (SSSR count). The van der Waals surface area contributed by atoms with Crippen LogP contribution in [0.3, 0.4) is 0 Å². The zero-order valence-corrected chi connectivity index (χ0v) is 8.75. The molecule has 3 N–H and O–H groups in total. The Balaban J connectivity index is 3.67. The SMILES string of the molecule is CCOC(=O)CC[C@H]([NH3+])C(=O)OCC. The second kappa shape index (κ2) is 7.32. The molecular weight excluding hydrogens is 186 g/mol. The molecule has 0 saturated carbocycles. The fraction of sp³-hybridized carbons (Fsp3) is 0.778. The van der Waals surface area contributed by atoms with Crippen molar-refractivity contribution in [2.45, 2.75) is 32.7 Å². The average Bonchev–Trinajstić information content (AvgIpc) is 2.15. The third-order valence-electron chi connectivity index (χ3n) is 1.62. The quantitative estimate of drug-likeness (QED) is 0.592. The van der Waals surface area contributed by atoms with Crippen LogP contribution in [0.5, 0.6) is 0 Å². The zero-order valence-electron chi connectivity index (χ0n) is 8.75. The molecule has 1 atom stereocenters. The molecule has 0 aromatic heterocycles. The van der Waals surface area contributed by atoms with Crippen LogP contribution >= 0.6 is 0 Å². The molecule has 0 aliphatic heterocycles. The van der Waals surface area contributed by atoms with Crippen LogP contribution in [0, 0.1) is 0 Å². The van der Waals surface area contributed by atoms with E-state index in [1.165, 1.54) is 0 Å². The number of rotatable bonds is 6. The maximum Gasteiger partial charge on any atom is 0.364 e. The van der Waals surface area contributed by atoms with E-state index in [2.05, 4.69) is 5.73 Å². The predicted molar refractivity (Wildman–Crippen MR) is 49.2 cm³/mol. The average molecular weight is 204 g/mol. The highest BCUT2D eigenvalue weighted by Gasteiger charge is 2.19. The van der Waals surface area contributed by atoms with E-state index < -0.39 is 6.04 Å². The molecule has 0 heterocycles. The number of hydrogen-bond donors (Lipinski definition) is 1. The van der Waals surface area contributed by atoms with Gasteiger partial charge in [-0.1, -0.05) is 0 Å². The van der Waals surface area contributed by atoms with Gasteiger partial charge in [-0.15, -0.1) is 0 Å². The minimum Gasteiger partial charge on any atom is -0.466 e. The largest absolute Gasteiger partial charge is 0.466 e. The van der Waals surface area contributed by atoms with Crippen molar-refractivity contribution in [2.24, 2.45) is 0 Å². The van der Waals surface area contributed by atoms with E-state index in [1.54, 1.807) is 13.8 Å². The molecule has 0 unspecified atom stereocenters. The lowest BCUT2D eigenvalue weighted by atomic mass is 10.2. The Labute approximate surface area is 83.5 Å². The number of hydrogen-bond acceptors (Lipinski definition) is 4. The fourth-order valence-corrected chi connectivity index (χ4v) is 0.903. The first-order valence-electron chi connectivity index (χ1n) is 4.77. The van der Waals surface area contributed by atoms with Gasteiger partial charge in [0.1, 0.15) is 0 Å². The molecule has 0 spiro atoms. The molecule has 0 aliphatic carbocycles. The number of esters is 2. The second-order valence-electron chi connectivity index (χ2n) is 2.79.